The maximum Gasteiger partial charge on any atom is 0.125 e. The molecule has 5 heteroatoms. The van der Waals surface area contributed by atoms with Crippen molar-refractivity contribution in [3.05, 3.63) is 33.7 Å². The Morgan fingerprint density at radius 1 is 1.53 bits per heavy atom. The minimum Gasteiger partial charge on any atom is -0.497 e. The summed E-state index contributed by atoms with van der Waals surface area (Å²) in [5.41, 5.74) is 0.999. The normalized spacial score (nSPS) is 9.94. The number of halogens is 1. The molecule has 17 heavy (non-hydrogen) atoms. The van der Waals surface area contributed by atoms with Crippen LogP contribution in [0.25, 0.3) is 10.6 Å². The summed E-state index contributed by atoms with van der Waals surface area (Å²) in [7, 11) is 1.64. The molecular formula is C12H9BrN2OS. The minimum atomic E-state index is 0.377. The van der Waals surface area contributed by atoms with Gasteiger partial charge < -0.3 is 4.74 Å². The molecule has 86 valence electrons. The first-order chi connectivity index (χ1) is 8.24. The molecule has 1 heterocycles. The lowest BCUT2D eigenvalue weighted by molar-refractivity contribution is 0.415. The van der Waals surface area contributed by atoms with E-state index >= 15 is 0 Å². The van der Waals surface area contributed by atoms with Gasteiger partial charge in [0.25, 0.3) is 0 Å². The van der Waals surface area contributed by atoms with Gasteiger partial charge >= 0.3 is 0 Å². The van der Waals surface area contributed by atoms with Crippen molar-refractivity contribution in [2.45, 2.75) is 6.42 Å². The van der Waals surface area contributed by atoms with Gasteiger partial charge in [-0.3, -0.25) is 0 Å². The quantitative estimate of drug-likeness (QED) is 0.869. The molecule has 0 fully saturated rings. The Balaban J connectivity index is 2.39. The Kier molecular flexibility index (Phi) is 3.77. The van der Waals surface area contributed by atoms with E-state index < -0.39 is 0 Å². The van der Waals surface area contributed by atoms with Crippen LogP contribution in [0.15, 0.2) is 28.9 Å². The van der Waals surface area contributed by atoms with Crippen molar-refractivity contribution in [3.8, 4) is 22.4 Å². The first-order valence-electron chi connectivity index (χ1n) is 4.91. The van der Waals surface area contributed by atoms with E-state index in [-0.39, 0.29) is 0 Å². The molecule has 2 aromatic rings. The highest BCUT2D eigenvalue weighted by molar-refractivity contribution is 9.10. The van der Waals surface area contributed by atoms with Gasteiger partial charge in [0, 0.05) is 5.56 Å². The van der Waals surface area contributed by atoms with E-state index in [2.05, 4.69) is 27.0 Å². The van der Waals surface area contributed by atoms with Gasteiger partial charge in [-0.25, -0.2) is 4.98 Å². The smallest absolute Gasteiger partial charge is 0.125 e. The lowest BCUT2D eigenvalue weighted by Gasteiger charge is -2.00. The van der Waals surface area contributed by atoms with Crippen molar-refractivity contribution in [1.82, 2.24) is 4.98 Å². The molecule has 0 N–H and O–H groups in total. The molecule has 0 spiro atoms. The Morgan fingerprint density at radius 3 is 3.06 bits per heavy atom. The largest absolute Gasteiger partial charge is 0.497 e. The van der Waals surface area contributed by atoms with Crippen molar-refractivity contribution in [3.63, 3.8) is 0 Å². The van der Waals surface area contributed by atoms with E-state index in [1.807, 2.05) is 24.3 Å². The van der Waals surface area contributed by atoms with Crippen LogP contribution in [0.4, 0.5) is 0 Å². The highest BCUT2D eigenvalue weighted by atomic mass is 79.9. The van der Waals surface area contributed by atoms with Gasteiger partial charge in [0.05, 0.1) is 24.5 Å². The van der Waals surface area contributed by atoms with Crippen LogP contribution in [-0.4, -0.2) is 12.1 Å². The van der Waals surface area contributed by atoms with Crippen LogP contribution in [0.5, 0.6) is 5.75 Å². The summed E-state index contributed by atoms with van der Waals surface area (Å²) >= 11 is 4.89. The van der Waals surface area contributed by atoms with Crippen molar-refractivity contribution in [2.24, 2.45) is 0 Å². The topological polar surface area (TPSA) is 45.9 Å². The lowest BCUT2D eigenvalue weighted by Crippen LogP contribution is -1.82. The summed E-state index contributed by atoms with van der Waals surface area (Å²) in [6.07, 6.45) is 0.377. The Morgan fingerprint density at radius 2 is 2.35 bits per heavy atom. The second-order valence-corrected chi connectivity index (χ2v) is 5.13. The van der Waals surface area contributed by atoms with Crippen molar-refractivity contribution in [2.75, 3.05) is 7.11 Å². The van der Waals surface area contributed by atoms with Gasteiger partial charge in [-0.05, 0) is 28.1 Å². The molecule has 3 nitrogen and oxygen atoms in total. The third-order valence-electron chi connectivity index (χ3n) is 2.21. The summed E-state index contributed by atoms with van der Waals surface area (Å²) in [6.45, 7) is 0. The number of hydrogen-bond donors (Lipinski definition) is 0. The fourth-order valence-corrected chi connectivity index (χ4v) is 2.95. The molecule has 0 amide bonds. The molecule has 2 rings (SSSR count). The van der Waals surface area contributed by atoms with E-state index in [1.165, 1.54) is 11.3 Å². The monoisotopic (exact) mass is 308 g/mol. The van der Waals surface area contributed by atoms with Crippen LogP contribution >= 0.6 is 27.3 Å². The maximum atomic E-state index is 8.69. The summed E-state index contributed by atoms with van der Waals surface area (Å²) in [5.74, 6) is 0.802. The van der Waals surface area contributed by atoms with Crippen molar-refractivity contribution < 1.29 is 4.74 Å². The zero-order valence-corrected chi connectivity index (χ0v) is 11.5. The fraction of sp³-hybridized carbons (Fsp3) is 0.167. The van der Waals surface area contributed by atoms with Crippen LogP contribution in [0.1, 0.15) is 4.88 Å². The van der Waals surface area contributed by atoms with E-state index in [0.717, 1.165) is 25.8 Å². The van der Waals surface area contributed by atoms with Crippen molar-refractivity contribution in [1.29, 1.82) is 5.26 Å². The summed E-state index contributed by atoms with van der Waals surface area (Å²) < 4.78 is 5.93. The van der Waals surface area contributed by atoms with E-state index in [1.54, 1.807) is 7.11 Å². The Bertz CT molecular complexity index is 574. The molecule has 0 aliphatic heterocycles. The molecule has 1 aromatic carbocycles. The van der Waals surface area contributed by atoms with Crippen LogP contribution in [0.2, 0.25) is 0 Å². The summed E-state index contributed by atoms with van der Waals surface area (Å²) in [6, 6.07) is 9.85. The second kappa shape index (κ2) is 5.30. The molecule has 0 aliphatic rings. The van der Waals surface area contributed by atoms with Gasteiger partial charge in [0.15, 0.2) is 0 Å². The molecule has 0 atom stereocenters. The predicted octanol–water partition coefficient (Wildman–Crippen LogP) is 3.65. The number of nitrogens with zero attached hydrogens (tertiary/aromatic N) is 2. The number of nitriles is 1. The van der Waals surface area contributed by atoms with E-state index in [0.29, 0.717) is 6.42 Å². The van der Waals surface area contributed by atoms with Gasteiger partial charge in [-0.15, -0.1) is 11.3 Å². The molecule has 0 saturated carbocycles. The number of aromatic nitrogens is 1. The van der Waals surface area contributed by atoms with Crippen LogP contribution in [0, 0.1) is 11.3 Å². The number of hydrogen-bond acceptors (Lipinski definition) is 4. The SMILES string of the molecule is COc1cccc(-c2nc(Br)c(CC#N)s2)c1. The first-order valence-corrected chi connectivity index (χ1v) is 6.52. The molecule has 0 saturated heterocycles. The predicted molar refractivity (Wildman–Crippen MR) is 71.1 cm³/mol. The molecule has 1 aromatic heterocycles. The van der Waals surface area contributed by atoms with E-state index in [9.17, 15) is 0 Å². The number of thiazole rings is 1. The molecule has 0 unspecified atom stereocenters. The fourth-order valence-electron chi connectivity index (χ4n) is 1.39. The van der Waals surface area contributed by atoms with Gasteiger partial charge in [0.2, 0.25) is 0 Å². The first kappa shape index (κ1) is 12.1. The average Bonchev–Trinajstić information content (AvgIpc) is 2.72. The molecule has 0 bridgehead atoms. The zero-order chi connectivity index (χ0) is 12.3. The van der Waals surface area contributed by atoms with Crippen LogP contribution < -0.4 is 4.74 Å². The van der Waals surface area contributed by atoms with Gasteiger partial charge in [-0.2, -0.15) is 5.26 Å². The number of methoxy groups -OCH3 is 1. The minimum absolute atomic E-state index is 0.377. The second-order valence-electron chi connectivity index (χ2n) is 3.30. The summed E-state index contributed by atoms with van der Waals surface area (Å²) in [5, 5.41) is 9.58. The standard InChI is InChI=1S/C12H9BrN2OS/c1-16-9-4-2-3-8(7-9)12-15-11(13)10(17-12)5-6-14/h2-4,7H,5H2,1H3. The molecule has 0 radical (unpaired) electrons. The zero-order valence-electron chi connectivity index (χ0n) is 9.11. The third kappa shape index (κ3) is 2.65. The van der Waals surface area contributed by atoms with Crippen LogP contribution in [-0.2, 0) is 6.42 Å². The lowest BCUT2D eigenvalue weighted by atomic mass is 10.2. The molecule has 0 aliphatic carbocycles. The van der Waals surface area contributed by atoms with Crippen molar-refractivity contribution >= 4 is 27.3 Å². The maximum absolute atomic E-state index is 8.69. The number of ether oxygens (including phenoxy) is 1. The van der Waals surface area contributed by atoms with E-state index in [4.69, 9.17) is 10.00 Å². The Hall–Kier alpha value is -1.38. The van der Waals surface area contributed by atoms with Crippen LogP contribution in [0.3, 0.4) is 0 Å². The molecular weight excluding hydrogens is 300 g/mol. The summed E-state index contributed by atoms with van der Waals surface area (Å²) in [4.78, 5) is 5.35. The van der Waals surface area contributed by atoms with Gasteiger partial charge in [-0.1, -0.05) is 12.1 Å². The highest BCUT2D eigenvalue weighted by Crippen LogP contribution is 2.32. The van der Waals surface area contributed by atoms with Gasteiger partial charge in [0.1, 0.15) is 15.4 Å². The average molecular weight is 309 g/mol. The highest BCUT2D eigenvalue weighted by Gasteiger charge is 2.10. The number of rotatable bonds is 3. The Labute approximate surface area is 112 Å². The number of benzene rings is 1. The third-order valence-corrected chi connectivity index (χ3v) is 4.23.